The zero-order valence-corrected chi connectivity index (χ0v) is 19.2. The van der Waals surface area contributed by atoms with Crippen molar-refractivity contribution in [2.24, 2.45) is 5.92 Å². The maximum Gasteiger partial charge on any atom is 0.259 e. The number of amides is 3. The van der Waals surface area contributed by atoms with Gasteiger partial charge in [-0.15, -0.1) is 6.58 Å². The minimum Gasteiger partial charge on any atom is -0.340 e. The van der Waals surface area contributed by atoms with Crippen LogP contribution in [0.2, 0.25) is 0 Å². The number of hydrogen-bond acceptors (Lipinski definition) is 5. The number of hydrogen-bond donors (Lipinski definition) is 2. The predicted molar refractivity (Wildman–Crippen MR) is 117 cm³/mol. The standard InChI is InChI=1S/C22H35N3O5S/c1-3-4-5-6-7-8-11-19(26)25-14-9-10-18(25)20(27)23-22(15-16(22)2)21(28)24-31(29,30)17-12-13-17/h3,16-18H,1,4-15H2,2H3,(H,23,27)(H,24,28)/t16-,18+,22-/m1/s1. The average Bonchev–Trinajstić information content (AvgIpc) is 3.62. The van der Waals surface area contributed by atoms with Gasteiger partial charge in [-0.1, -0.05) is 25.8 Å². The molecule has 2 saturated carbocycles. The molecular weight excluding hydrogens is 418 g/mol. The van der Waals surface area contributed by atoms with Gasteiger partial charge in [0.25, 0.3) is 5.91 Å². The molecule has 174 valence electrons. The SMILES string of the molecule is C=CCCCCCCC(=O)N1CCC[C@H]1C(=O)N[C@]1(C(=O)NS(=O)(=O)C2CC2)C[C@H]1C. The van der Waals surface area contributed by atoms with Crippen molar-refractivity contribution in [2.75, 3.05) is 6.54 Å². The molecule has 3 atom stereocenters. The van der Waals surface area contributed by atoms with Crippen LogP contribution in [0.3, 0.4) is 0 Å². The smallest absolute Gasteiger partial charge is 0.259 e. The summed E-state index contributed by atoms with van der Waals surface area (Å²) < 4.78 is 26.5. The van der Waals surface area contributed by atoms with Gasteiger partial charge in [0.2, 0.25) is 21.8 Å². The van der Waals surface area contributed by atoms with Crippen molar-refractivity contribution >= 4 is 27.7 Å². The van der Waals surface area contributed by atoms with Crippen molar-refractivity contribution in [3.05, 3.63) is 12.7 Å². The fourth-order valence-corrected chi connectivity index (χ4v) is 5.72. The number of nitrogens with zero attached hydrogens (tertiary/aromatic N) is 1. The molecule has 2 aliphatic carbocycles. The predicted octanol–water partition coefficient (Wildman–Crippen LogP) is 2.01. The fraction of sp³-hybridized carbons (Fsp3) is 0.773. The van der Waals surface area contributed by atoms with Crippen molar-refractivity contribution in [2.45, 2.75) is 94.4 Å². The summed E-state index contributed by atoms with van der Waals surface area (Å²) in [6, 6.07) is -0.592. The molecule has 1 aliphatic heterocycles. The highest BCUT2D eigenvalue weighted by Gasteiger charge is 2.60. The van der Waals surface area contributed by atoms with Crippen LogP contribution in [-0.4, -0.2) is 54.4 Å². The lowest BCUT2D eigenvalue weighted by Gasteiger charge is -2.27. The molecule has 1 saturated heterocycles. The topological polar surface area (TPSA) is 113 Å². The van der Waals surface area contributed by atoms with Crippen LogP contribution in [0.5, 0.6) is 0 Å². The quantitative estimate of drug-likeness (QED) is 0.347. The van der Waals surface area contributed by atoms with E-state index in [4.69, 9.17) is 0 Å². The molecule has 0 aromatic carbocycles. The number of sulfonamides is 1. The lowest BCUT2D eigenvalue weighted by atomic mass is 10.1. The Balaban J connectivity index is 1.52. The zero-order valence-electron chi connectivity index (χ0n) is 18.4. The van der Waals surface area contributed by atoms with Crippen molar-refractivity contribution in [1.29, 1.82) is 0 Å². The minimum atomic E-state index is -3.67. The van der Waals surface area contributed by atoms with Crippen molar-refractivity contribution < 1.29 is 22.8 Å². The van der Waals surface area contributed by atoms with Gasteiger partial charge in [0, 0.05) is 13.0 Å². The van der Waals surface area contributed by atoms with Crippen LogP contribution in [0.15, 0.2) is 12.7 Å². The molecule has 0 spiro atoms. The molecule has 3 amide bonds. The third kappa shape index (κ3) is 5.67. The number of rotatable bonds is 12. The van der Waals surface area contributed by atoms with Crippen LogP contribution >= 0.6 is 0 Å². The van der Waals surface area contributed by atoms with Gasteiger partial charge in [0.1, 0.15) is 11.6 Å². The molecule has 2 N–H and O–H groups in total. The lowest BCUT2D eigenvalue weighted by molar-refractivity contribution is -0.139. The fourth-order valence-electron chi connectivity index (χ4n) is 4.36. The third-order valence-corrected chi connectivity index (χ3v) is 8.50. The molecule has 0 radical (unpaired) electrons. The van der Waals surface area contributed by atoms with Crippen molar-refractivity contribution in [3.63, 3.8) is 0 Å². The largest absolute Gasteiger partial charge is 0.340 e. The van der Waals surface area contributed by atoms with E-state index in [2.05, 4.69) is 16.6 Å². The number of carbonyl (C=O) groups is 3. The molecule has 3 aliphatic rings. The van der Waals surface area contributed by atoms with Crippen molar-refractivity contribution in [3.8, 4) is 0 Å². The first-order chi connectivity index (χ1) is 14.7. The summed E-state index contributed by atoms with van der Waals surface area (Å²) in [5.74, 6) is -1.19. The first-order valence-corrected chi connectivity index (χ1v) is 13.0. The Morgan fingerprint density at radius 3 is 2.42 bits per heavy atom. The van der Waals surface area contributed by atoms with Gasteiger partial charge in [-0.05, 0) is 57.3 Å². The Labute approximate surface area is 185 Å². The molecule has 3 rings (SSSR count). The monoisotopic (exact) mass is 453 g/mol. The lowest BCUT2D eigenvalue weighted by Crippen LogP contribution is -2.56. The molecule has 9 heteroatoms. The van der Waals surface area contributed by atoms with E-state index in [1.54, 1.807) is 4.90 Å². The van der Waals surface area contributed by atoms with Gasteiger partial charge in [-0.3, -0.25) is 19.1 Å². The summed E-state index contributed by atoms with van der Waals surface area (Å²) in [6.07, 6.45) is 10.0. The van der Waals surface area contributed by atoms with Crippen LogP contribution in [0.4, 0.5) is 0 Å². The van der Waals surface area contributed by atoms with E-state index < -0.39 is 32.8 Å². The highest BCUT2D eigenvalue weighted by molar-refractivity contribution is 7.91. The van der Waals surface area contributed by atoms with Gasteiger partial charge >= 0.3 is 0 Å². The molecule has 0 unspecified atom stereocenters. The highest BCUT2D eigenvalue weighted by Crippen LogP contribution is 2.44. The molecule has 3 fully saturated rings. The van der Waals surface area contributed by atoms with E-state index in [1.165, 1.54) is 0 Å². The van der Waals surface area contributed by atoms with Gasteiger partial charge in [-0.25, -0.2) is 8.42 Å². The maximum atomic E-state index is 13.0. The van der Waals surface area contributed by atoms with Gasteiger partial charge in [0.05, 0.1) is 5.25 Å². The summed E-state index contributed by atoms with van der Waals surface area (Å²) >= 11 is 0. The van der Waals surface area contributed by atoms with E-state index in [0.29, 0.717) is 38.6 Å². The molecule has 0 bridgehead atoms. The summed E-state index contributed by atoms with van der Waals surface area (Å²) in [6.45, 7) is 6.06. The van der Waals surface area contributed by atoms with Gasteiger partial charge < -0.3 is 10.2 Å². The third-order valence-electron chi connectivity index (χ3n) is 6.68. The summed E-state index contributed by atoms with van der Waals surface area (Å²) in [5.41, 5.74) is -1.19. The second kappa shape index (κ2) is 9.71. The molecule has 0 aromatic rings. The van der Waals surface area contributed by atoms with Crippen LogP contribution < -0.4 is 10.0 Å². The normalized spacial score (nSPS) is 27.6. The van der Waals surface area contributed by atoms with Gasteiger partial charge in [-0.2, -0.15) is 0 Å². The minimum absolute atomic E-state index is 0.0278. The number of allylic oxidation sites excluding steroid dienone is 1. The van der Waals surface area contributed by atoms with E-state index in [0.717, 1.165) is 38.5 Å². The number of likely N-dealkylation sites (tertiary alicyclic amines) is 1. The molecule has 1 heterocycles. The Hall–Kier alpha value is -1.90. The molecule has 31 heavy (non-hydrogen) atoms. The number of unbranched alkanes of at least 4 members (excludes halogenated alkanes) is 4. The van der Waals surface area contributed by atoms with Gasteiger partial charge in [0.15, 0.2) is 0 Å². The molecular formula is C22H35N3O5S. The molecule has 0 aromatic heterocycles. The first-order valence-electron chi connectivity index (χ1n) is 11.5. The molecule has 8 nitrogen and oxygen atoms in total. The van der Waals surface area contributed by atoms with E-state index in [-0.39, 0.29) is 17.7 Å². The Morgan fingerprint density at radius 1 is 1.13 bits per heavy atom. The zero-order chi connectivity index (χ0) is 22.6. The number of carbonyl (C=O) groups excluding carboxylic acids is 3. The Kier molecular flexibility index (Phi) is 7.44. The maximum absolute atomic E-state index is 13.0. The van der Waals surface area contributed by atoms with Crippen LogP contribution in [-0.2, 0) is 24.4 Å². The summed E-state index contributed by atoms with van der Waals surface area (Å²) in [5, 5.41) is 2.30. The second-order valence-electron chi connectivity index (χ2n) is 9.23. The first kappa shape index (κ1) is 23.8. The van der Waals surface area contributed by atoms with E-state index in [9.17, 15) is 22.8 Å². The summed E-state index contributed by atoms with van der Waals surface area (Å²) in [4.78, 5) is 40.0. The van der Waals surface area contributed by atoms with Crippen LogP contribution in [0, 0.1) is 5.92 Å². The van der Waals surface area contributed by atoms with Crippen molar-refractivity contribution in [1.82, 2.24) is 14.9 Å². The van der Waals surface area contributed by atoms with E-state index in [1.807, 2.05) is 13.0 Å². The Bertz CT molecular complexity index is 823. The summed E-state index contributed by atoms with van der Waals surface area (Å²) in [7, 11) is -3.67. The Morgan fingerprint density at radius 2 is 1.81 bits per heavy atom. The highest BCUT2D eigenvalue weighted by atomic mass is 32.2. The van der Waals surface area contributed by atoms with E-state index >= 15 is 0 Å². The van der Waals surface area contributed by atoms with Crippen LogP contribution in [0.25, 0.3) is 0 Å². The average molecular weight is 454 g/mol. The van der Waals surface area contributed by atoms with Crippen LogP contribution in [0.1, 0.15) is 77.6 Å². The second-order valence-corrected chi connectivity index (χ2v) is 11.2. The number of nitrogens with one attached hydrogen (secondary N) is 2.